The van der Waals surface area contributed by atoms with Gasteiger partial charge in [-0.25, -0.2) is 0 Å². The van der Waals surface area contributed by atoms with Crippen molar-refractivity contribution < 1.29 is 5.11 Å². The molecule has 1 aliphatic carbocycles. The minimum absolute atomic E-state index is 0.260. The van der Waals surface area contributed by atoms with Gasteiger partial charge in [0.25, 0.3) is 0 Å². The fourth-order valence-corrected chi connectivity index (χ4v) is 3.39. The van der Waals surface area contributed by atoms with Gasteiger partial charge < -0.3 is 10.4 Å². The Balaban J connectivity index is 1.62. The zero-order valence-electron chi connectivity index (χ0n) is 10.9. The molecule has 1 heterocycles. The summed E-state index contributed by atoms with van der Waals surface area (Å²) in [4.78, 5) is 1.42. The normalized spacial score (nSPS) is 18.1. The number of anilines is 1. The number of hydrogen-bond donors (Lipinski definition) is 2. The summed E-state index contributed by atoms with van der Waals surface area (Å²) >= 11 is 1.81. The lowest BCUT2D eigenvalue weighted by molar-refractivity contribution is 0.156. The van der Waals surface area contributed by atoms with Crippen LogP contribution in [0.25, 0.3) is 0 Å². The van der Waals surface area contributed by atoms with Gasteiger partial charge in [-0.3, -0.25) is 0 Å². The Kier molecular flexibility index (Phi) is 3.85. The average Bonchev–Trinajstić information content (AvgIpc) is 2.92. The van der Waals surface area contributed by atoms with Crippen LogP contribution < -0.4 is 5.32 Å². The predicted octanol–water partition coefficient (Wildman–Crippen LogP) is 3.77. The number of benzene rings is 1. The second kappa shape index (κ2) is 5.76. The van der Waals surface area contributed by atoms with Gasteiger partial charge in [-0.15, -0.1) is 11.3 Å². The summed E-state index contributed by atoms with van der Waals surface area (Å²) < 4.78 is 0. The fraction of sp³-hybridized carbons (Fsp3) is 0.375. The lowest BCUT2D eigenvalue weighted by Crippen LogP contribution is -2.10. The summed E-state index contributed by atoms with van der Waals surface area (Å²) in [6.07, 6.45) is 3.89. The Bertz CT molecular complexity index is 536. The Morgan fingerprint density at radius 2 is 2.26 bits per heavy atom. The molecular weight excluding hydrogens is 254 g/mol. The van der Waals surface area contributed by atoms with E-state index in [4.69, 9.17) is 0 Å². The van der Waals surface area contributed by atoms with Crippen LogP contribution in [0.3, 0.4) is 0 Å². The number of nitrogens with one attached hydrogen (secondary N) is 1. The van der Waals surface area contributed by atoms with E-state index in [0.29, 0.717) is 0 Å². The fourth-order valence-electron chi connectivity index (χ4n) is 2.68. The van der Waals surface area contributed by atoms with E-state index in [0.717, 1.165) is 37.8 Å². The first-order valence-corrected chi connectivity index (χ1v) is 7.78. The maximum atomic E-state index is 9.93. The van der Waals surface area contributed by atoms with Crippen molar-refractivity contribution in [1.82, 2.24) is 0 Å². The van der Waals surface area contributed by atoms with Crippen molar-refractivity contribution in [2.75, 3.05) is 11.9 Å². The van der Waals surface area contributed by atoms with Crippen molar-refractivity contribution >= 4 is 17.0 Å². The van der Waals surface area contributed by atoms with Gasteiger partial charge >= 0.3 is 0 Å². The SMILES string of the molecule is O[C@H]1CCCc2cc(NCCc3cccs3)ccc21. The van der Waals surface area contributed by atoms with Crippen molar-refractivity contribution in [2.45, 2.75) is 31.8 Å². The van der Waals surface area contributed by atoms with Gasteiger partial charge in [-0.05, 0) is 60.4 Å². The van der Waals surface area contributed by atoms with Crippen LogP contribution in [0.4, 0.5) is 5.69 Å². The number of hydrogen-bond acceptors (Lipinski definition) is 3. The monoisotopic (exact) mass is 273 g/mol. The summed E-state index contributed by atoms with van der Waals surface area (Å²) in [5, 5.41) is 15.5. The van der Waals surface area contributed by atoms with Gasteiger partial charge in [0.05, 0.1) is 6.10 Å². The number of rotatable bonds is 4. The number of thiophene rings is 1. The number of aryl methyl sites for hydroxylation is 1. The maximum Gasteiger partial charge on any atom is 0.0792 e. The van der Waals surface area contributed by atoms with Crippen LogP contribution in [0.5, 0.6) is 0 Å². The molecule has 0 aliphatic heterocycles. The van der Waals surface area contributed by atoms with Crippen LogP contribution in [0.15, 0.2) is 35.7 Å². The van der Waals surface area contributed by atoms with Crippen LogP contribution in [-0.2, 0) is 12.8 Å². The molecule has 0 saturated heterocycles. The second-order valence-corrected chi connectivity index (χ2v) is 6.11. The molecule has 1 aliphatic rings. The minimum Gasteiger partial charge on any atom is -0.388 e. The molecule has 0 spiro atoms. The molecule has 19 heavy (non-hydrogen) atoms. The molecule has 3 rings (SSSR count). The standard InChI is InChI=1S/C16H19NOS/c18-16-5-1-3-12-11-13(6-7-15(12)16)17-9-8-14-4-2-10-19-14/h2,4,6-7,10-11,16-18H,1,3,5,8-9H2/t16-/m0/s1. The van der Waals surface area contributed by atoms with Crippen molar-refractivity contribution in [3.63, 3.8) is 0 Å². The molecule has 2 aromatic rings. The summed E-state index contributed by atoms with van der Waals surface area (Å²) in [6, 6.07) is 10.6. The molecule has 0 fully saturated rings. The third-order valence-electron chi connectivity index (χ3n) is 3.71. The van der Waals surface area contributed by atoms with Gasteiger partial charge in [0, 0.05) is 17.1 Å². The van der Waals surface area contributed by atoms with Crippen molar-refractivity contribution in [1.29, 1.82) is 0 Å². The zero-order chi connectivity index (χ0) is 13.1. The van der Waals surface area contributed by atoms with E-state index in [9.17, 15) is 5.11 Å². The molecule has 2 nitrogen and oxygen atoms in total. The Morgan fingerprint density at radius 1 is 1.32 bits per heavy atom. The van der Waals surface area contributed by atoms with Crippen molar-refractivity contribution in [2.24, 2.45) is 0 Å². The van der Waals surface area contributed by atoms with Crippen molar-refractivity contribution in [3.8, 4) is 0 Å². The van der Waals surface area contributed by atoms with Crippen molar-refractivity contribution in [3.05, 3.63) is 51.7 Å². The maximum absolute atomic E-state index is 9.93. The number of aliphatic hydroxyl groups excluding tert-OH is 1. The Hall–Kier alpha value is -1.32. The third-order valence-corrected chi connectivity index (χ3v) is 4.64. The molecule has 1 aromatic carbocycles. The average molecular weight is 273 g/mol. The Morgan fingerprint density at radius 3 is 3.11 bits per heavy atom. The largest absolute Gasteiger partial charge is 0.388 e. The highest BCUT2D eigenvalue weighted by atomic mass is 32.1. The van der Waals surface area contributed by atoms with Crippen LogP contribution in [0.2, 0.25) is 0 Å². The molecule has 0 bridgehead atoms. The van der Waals surface area contributed by atoms with E-state index in [1.807, 2.05) is 11.3 Å². The summed E-state index contributed by atoms with van der Waals surface area (Å²) in [7, 11) is 0. The number of fused-ring (bicyclic) bond motifs is 1. The summed E-state index contributed by atoms with van der Waals surface area (Å²) in [5.41, 5.74) is 3.60. The van der Waals surface area contributed by atoms with Gasteiger partial charge in [-0.1, -0.05) is 12.1 Å². The van der Waals surface area contributed by atoms with E-state index >= 15 is 0 Å². The lowest BCUT2D eigenvalue weighted by atomic mass is 9.89. The molecule has 0 radical (unpaired) electrons. The van der Waals surface area contributed by atoms with Crippen LogP contribution in [-0.4, -0.2) is 11.7 Å². The smallest absolute Gasteiger partial charge is 0.0792 e. The molecule has 0 amide bonds. The summed E-state index contributed by atoms with van der Waals surface area (Å²) in [6.45, 7) is 0.960. The van der Waals surface area contributed by atoms with Crippen LogP contribution in [0, 0.1) is 0 Å². The van der Waals surface area contributed by atoms with E-state index in [1.54, 1.807) is 0 Å². The van der Waals surface area contributed by atoms with Gasteiger partial charge in [0.15, 0.2) is 0 Å². The topological polar surface area (TPSA) is 32.3 Å². The first-order valence-electron chi connectivity index (χ1n) is 6.90. The molecule has 3 heteroatoms. The molecule has 2 N–H and O–H groups in total. The zero-order valence-corrected chi connectivity index (χ0v) is 11.7. The Labute approximate surface area is 118 Å². The quantitative estimate of drug-likeness (QED) is 0.888. The van der Waals surface area contributed by atoms with Gasteiger partial charge in [0.1, 0.15) is 0 Å². The number of aliphatic hydroxyl groups is 1. The van der Waals surface area contributed by atoms with Crippen LogP contribution in [0.1, 0.15) is 34.9 Å². The first kappa shape index (κ1) is 12.7. The van der Waals surface area contributed by atoms with E-state index < -0.39 is 0 Å². The molecule has 0 unspecified atom stereocenters. The molecular formula is C16H19NOS. The highest BCUT2D eigenvalue weighted by Gasteiger charge is 2.17. The lowest BCUT2D eigenvalue weighted by Gasteiger charge is -2.22. The minimum atomic E-state index is -0.260. The first-order chi connectivity index (χ1) is 9.33. The van der Waals surface area contributed by atoms with Crippen LogP contribution >= 0.6 is 11.3 Å². The van der Waals surface area contributed by atoms with Gasteiger partial charge in [0.2, 0.25) is 0 Å². The predicted molar refractivity (Wildman–Crippen MR) is 80.9 cm³/mol. The van der Waals surface area contributed by atoms with E-state index in [1.165, 1.54) is 16.1 Å². The highest BCUT2D eigenvalue weighted by Crippen LogP contribution is 2.31. The summed E-state index contributed by atoms with van der Waals surface area (Å²) in [5.74, 6) is 0. The molecule has 100 valence electrons. The molecule has 1 aromatic heterocycles. The highest BCUT2D eigenvalue weighted by molar-refractivity contribution is 7.09. The van der Waals surface area contributed by atoms with E-state index in [-0.39, 0.29) is 6.10 Å². The molecule has 1 atom stereocenters. The second-order valence-electron chi connectivity index (χ2n) is 5.08. The van der Waals surface area contributed by atoms with Gasteiger partial charge in [-0.2, -0.15) is 0 Å². The molecule has 0 saturated carbocycles. The third kappa shape index (κ3) is 2.99. The van der Waals surface area contributed by atoms with E-state index in [2.05, 4.69) is 41.0 Å².